The molecule has 0 N–H and O–H groups in total. The highest BCUT2D eigenvalue weighted by Crippen LogP contribution is 2.39. The minimum atomic E-state index is -4.13. The fraction of sp³-hybridized carbons (Fsp3) is 0.194. The third kappa shape index (κ3) is 29.7. The van der Waals surface area contributed by atoms with Crippen LogP contribution in [0.3, 0.4) is 0 Å². The number of nitro groups is 3. The molecule has 1 aliphatic heterocycles. The second-order valence-electron chi connectivity index (χ2n) is 20.6. The molecular weight excluding hydrogens is 1490 g/mol. The molecule has 8 aromatic carbocycles. The molecule has 33 nitrogen and oxygen atoms in total. The minimum absolute atomic E-state index is 0.0247. The van der Waals surface area contributed by atoms with Crippen LogP contribution >= 0.6 is 0 Å². The summed E-state index contributed by atoms with van der Waals surface area (Å²) >= 11 is -6.07. The van der Waals surface area contributed by atoms with Gasteiger partial charge in [0.15, 0.2) is 11.5 Å². The quantitative estimate of drug-likeness (QED) is 0.0200. The summed E-state index contributed by atoms with van der Waals surface area (Å²) < 4.78 is 174. The SMILES string of the molecule is CS(=O)(=O)Oc1cccc(OS(C)(=O)=O)c1OS(C)(=O)=O.Cc1ccc(COS(=O)Oc2ccc(C)cc2)cc1.Cc1ccc(OS(=O)OCc2c([N+](=O)[O-])cccc2[N+](=O)[O-])cc1.Cc1ccc(OS(=O)OCc2ccccc2[N+](=O)[O-])cc1.O=C1CCC(=O)N1OS(=O)(=O)c1ccccc1. The highest BCUT2D eigenvalue weighted by molar-refractivity contribution is 7.87. The number of aryl methyl sites for hydroxylation is 4. The molecule has 0 spiro atoms. The second-order valence-corrected chi connectivity index (χ2v) is 29.3. The fourth-order valence-corrected chi connectivity index (χ4v) is 11.5. The number of benzene rings is 8. The highest BCUT2D eigenvalue weighted by atomic mass is 32.2. The van der Waals surface area contributed by atoms with Gasteiger partial charge in [0, 0.05) is 31.0 Å². The van der Waals surface area contributed by atoms with Crippen molar-refractivity contribution >= 4 is 103 Å². The summed E-state index contributed by atoms with van der Waals surface area (Å²) in [5.41, 5.74) is 4.29. The van der Waals surface area contributed by atoms with Gasteiger partial charge in [0.1, 0.15) is 29.4 Å². The number of nitrogens with zero attached hydrogens (tertiary/aromatic N) is 4. The summed E-state index contributed by atoms with van der Waals surface area (Å²) in [4.78, 5) is 53.1. The molecule has 2 amide bonds. The van der Waals surface area contributed by atoms with Gasteiger partial charge in [-0.2, -0.15) is 46.3 Å². The molecule has 9 rings (SSSR count). The van der Waals surface area contributed by atoms with E-state index in [1.165, 1.54) is 48.0 Å². The van der Waals surface area contributed by atoms with Crippen molar-refractivity contribution in [3.63, 3.8) is 0 Å². The van der Waals surface area contributed by atoms with E-state index in [0.29, 0.717) is 28.4 Å². The van der Waals surface area contributed by atoms with Crippen LogP contribution < -0.4 is 25.1 Å². The number of rotatable bonds is 27. The largest absolute Gasteiger partial charge is 0.380 e. The van der Waals surface area contributed by atoms with Crippen molar-refractivity contribution in [3.05, 3.63) is 257 Å². The number of nitro benzene ring substituents is 3. The first-order chi connectivity index (χ1) is 47.8. The highest BCUT2D eigenvalue weighted by Gasteiger charge is 2.35. The van der Waals surface area contributed by atoms with Crippen LogP contribution in [0, 0.1) is 58.0 Å². The minimum Gasteiger partial charge on any atom is -0.380 e. The van der Waals surface area contributed by atoms with E-state index in [0.717, 1.165) is 59.0 Å². The van der Waals surface area contributed by atoms with Gasteiger partial charge in [-0.3, -0.25) is 52.5 Å². The first-order valence-corrected chi connectivity index (χ1v) is 38.5. The average molecular weight is 1550 g/mol. The molecule has 1 fully saturated rings. The summed E-state index contributed by atoms with van der Waals surface area (Å²) in [5, 5.41) is 33.1. The molecule has 0 saturated carbocycles. The van der Waals surface area contributed by atoms with Crippen molar-refractivity contribution in [1.82, 2.24) is 5.06 Å². The number of para-hydroxylation sites is 2. The van der Waals surface area contributed by atoms with E-state index in [2.05, 4.69) is 16.8 Å². The Kier molecular flexibility index (Phi) is 31.4. The lowest BCUT2D eigenvalue weighted by Crippen LogP contribution is -2.32. The summed E-state index contributed by atoms with van der Waals surface area (Å²) in [5.74, 6) is -1.81. The first kappa shape index (κ1) is 82.7. The van der Waals surface area contributed by atoms with Gasteiger partial charge < -0.3 is 25.1 Å². The summed E-state index contributed by atoms with van der Waals surface area (Å²) in [6.45, 7) is 7.27. The maximum Gasteiger partial charge on any atom is 0.360 e. The molecule has 1 heterocycles. The van der Waals surface area contributed by atoms with Gasteiger partial charge in [-0.1, -0.05) is 119 Å². The number of carbonyl (C=O) groups excluding carboxylic acids is 2. The van der Waals surface area contributed by atoms with Crippen molar-refractivity contribution in [1.29, 1.82) is 0 Å². The van der Waals surface area contributed by atoms with Crippen LogP contribution in [0.4, 0.5) is 17.1 Å². The Morgan fingerprint density at radius 2 is 0.755 bits per heavy atom. The lowest BCUT2D eigenvalue weighted by molar-refractivity contribution is -0.396. The van der Waals surface area contributed by atoms with Gasteiger partial charge in [-0.15, -0.1) is 9.35 Å². The van der Waals surface area contributed by atoms with Crippen LogP contribution in [0.15, 0.2) is 193 Å². The van der Waals surface area contributed by atoms with Gasteiger partial charge in [0.05, 0.1) is 57.2 Å². The molecule has 8 aromatic rings. The van der Waals surface area contributed by atoms with E-state index in [1.807, 2.05) is 76.2 Å². The molecule has 3 atom stereocenters. The van der Waals surface area contributed by atoms with Gasteiger partial charge in [0.25, 0.3) is 28.9 Å². The fourth-order valence-electron chi connectivity index (χ4n) is 7.53. The molecule has 1 saturated heterocycles. The topological polar surface area (TPSA) is 447 Å². The van der Waals surface area contributed by atoms with Gasteiger partial charge in [-0.25, -0.2) is 0 Å². The van der Waals surface area contributed by atoms with Crippen molar-refractivity contribution in [2.75, 3.05) is 18.8 Å². The van der Waals surface area contributed by atoms with Crippen LogP contribution in [-0.2, 0) is 121 Å². The van der Waals surface area contributed by atoms with Crippen LogP contribution in [0.5, 0.6) is 34.5 Å². The van der Waals surface area contributed by atoms with Crippen molar-refractivity contribution in [2.45, 2.75) is 65.3 Å². The van der Waals surface area contributed by atoms with Crippen molar-refractivity contribution < 1.29 is 113 Å². The molecule has 546 valence electrons. The van der Waals surface area contributed by atoms with Crippen LogP contribution in [0.25, 0.3) is 0 Å². The number of carbonyl (C=O) groups is 2. The summed E-state index contributed by atoms with van der Waals surface area (Å²) in [6, 6.07) is 49.0. The van der Waals surface area contributed by atoms with E-state index in [1.54, 1.807) is 72.8 Å². The number of hydrogen-bond acceptors (Lipinski definition) is 29. The van der Waals surface area contributed by atoms with Crippen molar-refractivity contribution in [3.8, 4) is 34.5 Å². The molecule has 40 heteroatoms. The third-order valence-corrected chi connectivity index (χ3v) is 16.7. The molecule has 3 unspecified atom stereocenters. The molecular formula is C62H62N4O29S7. The zero-order valence-electron chi connectivity index (χ0n) is 54.4. The maximum absolute atomic E-state index is 11.8. The lowest BCUT2D eigenvalue weighted by Gasteiger charge is -2.13. The molecule has 0 bridgehead atoms. The molecule has 0 aliphatic carbocycles. The predicted octanol–water partition coefficient (Wildman–Crippen LogP) is 9.70. The first-order valence-electron chi connectivity index (χ1n) is 28.6. The number of hydrogen-bond donors (Lipinski definition) is 0. The molecule has 0 radical (unpaired) electrons. The number of imide groups is 1. The average Bonchev–Trinajstić information content (AvgIpc) is 1.01. The predicted molar refractivity (Wildman–Crippen MR) is 367 cm³/mol. The monoisotopic (exact) mass is 1550 g/mol. The Hall–Kier alpha value is -10.0. The normalized spacial score (nSPS) is 12.8. The third-order valence-electron chi connectivity index (χ3n) is 12.2. The van der Waals surface area contributed by atoms with Gasteiger partial charge in [0.2, 0.25) is 5.75 Å². The van der Waals surface area contributed by atoms with Gasteiger partial charge >= 0.3 is 74.6 Å². The van der Waals surface area contributed by atoms with Crippen LogP contribution in [0.1, 0.15) is 51.8 Å². The zero-order valence-corrected chi connectivity index (χ0v) is 60.1. The van der Waals surface area contributed by atoms with E-state index >= 15 is 0 Å². The van der Waals surface area contributed by atoms with Crippen molar-refractivity contribution in [2.24, 2.45) is 0 Å². The summed E-state index contributed by atoms with van der Waals surface area (Å²) in [7, 11) is -16.2. The summed E-state index contributed by atoms with van der Waals surface area (Å²) in [6.07, 6.45) is 2.09. The van der Waals surface area contributed by atoms with E-state index in [-0.39, 0.29) is 48.0 Å². The van der Waals surface area contributed by atoms with E-state index in [9.17, 15) is 86.2 Å². The maximum atomic E-state index is 11.8. The Morgan fingerprint density at radius 3 is 1.15 bits per heavy atom. The smallest absolute Gasteiger partial charge is 0.360 e. The zero-order chi connectivity index (χ0) is 75.5. The second kappa shape index (κ2) is 38.7. The standard InChI is InChI=1S/C15H16O3S.C14H12N2O7S.C14H13NO5S.C10H9NO5S.C9H12O9S3/c1-12-3-7-14(8-4-12)11-17-19(16)18-15-9-5-13(2)6-10-15;1-10-5-7-11(8-6-10)23-24(21)22-9-12-13(15(17)18)3-2-4-14(12)16(19)20;1-11-6-8-13(9-7-11)20-21(18)19-10-12-4-2-3-5-14(12)15(16)17;12-9-6-7-10(13)11(9)16-17(14,15)8-4-2-1-3-5-8;1-19(10,11)16-7-5-4-6-8(17-20(2,12)13)9(7)18-21(3,14)15/h3-10H,11H2,1-2H3;2-8H,9H2,1H3;2-9H,10H2,1H3;1-5H,6-7H2;4-6H,1-3H3. The van der Waals surface area contributed by atoms with Gasteiger partial charge in [-0.05, 0) is 106 Å². The Bertz CT molecular complexity index is 4690. The van der Waals surface area contributed by atoms with E-state index in [4.69, 9.17) is 25.1 Å². The molecule has 0 aromatic heterocycles. The Morgan fingerprint density at radius 1 is 0.412 bits per heavy atom. The molecule has 1 aliphatic rings. The lowest BCUT2D eigenvalue weighted by atomic mass is 10.1. The number of amides is 2. The molecule has 102 heavy (non-hydrogen) atoms. The van der Waals surface area contributed by atoms with E-state index < -0.39 is 136 Å². The number of hydroxylamine groups is 2. The Balaban J connectivity index is 0.000000230. The van der Waals surface area contributed by atoms with Crippen LogP contribution in [0.2, 0.25) is 0 Å². The van der Waals surface area contributed by atoms with Crippen LogP contribution in [-0.4, -0.2) is 96.7 Å². The Labute approximate surface area is 593 Å².